The third-order valence-electron chi connectivity index (χ3n) is 10.6. The molecule has 262 valence electrons. The van der Waals surface area contributed by atoms with Crippen LogP contribution in [0.25, 0.3) is 104 Å². The van der Waals surface area contributed by atoms with Gasteiger partial charge in [0.2, 0.25) is 0 Å². The Morgan fingerprint density at radius 1 is 0.339 bits per heavy atom. The number of rotatable bonds is 6. The van der Waals surface area contributed by atoms with Crippen LogP contribution < -0.4 is 0 Å². The average Bonchev–Trinajstić information content (AvgIpc) is 3.82. The second-order valence-corrected chi connectivity index (χ2v) is 15.1. The maximum atomic E-state index is 5.04. The van der Waals surface area contributed by atoms with Crippen molar-refractivity contribution in [3.8, 4) is 62.1 Å². The van der Waals surface area contributed by atoms with Crippen LogP contribution in [0.4, 0.5) is 0 Å². The third-order valence-corrected chi connectivity index (χ3v) is 11.8. The molecule has 0 saturated carbocycles. The molecule has 0 spiro atoms. The molecule has 0 fully saturated rings. The van der Waals surface area contributed by atoms with Crippen LogP contribution in [0.3, 0.4) is 0 Å². The van der Waals surface area contributed by atoms with E-state index in [2.05, 4.69) is 138 Å². The fourth-order valence-corrected chi connectivity index (χ4v) is 9.13. The number of aromatic nitrogens is 4. The summed E-state index contributed by atoms with van der Waals surface area (Å²) in [6, 6.07) is 68.7. The minimum absolute atomic E-state index is 0.655. The summed E-state index contributed by atoms with van der Waals surface area (Å²) in [7, 11) is 0. The van der Waals surface area contributed by atoms with Crippen molar-refractivity contribution in [3.63, 3.8) is 0 Å². The van der Waals surface area contributed by atoms with Crippen molar-refractivity contribution >= 4 is 53.3 Å². The molecule has 0 aliphatic heterocycles. The molecule has 56 heavy (non-hydrogen) atoms. The molecule has 0 bridgehead atoms. The largest absolute Gasteiger partial charge is 0.309 e. The summed E-state index contributed by atoms with van der Waals surface area (Å²) in [6.07, 6.45) is 0. The first-order valence-corrected chi connectivity index (χ1v) is 19.6. The van der Waals surface area contributed by atoms with E-state index in [1.807, 2.05) is 72.0 Å². The molecule has 5 heteroatoms. The van der Waals surface area contributed by atoms with Crippen molar-refractivity contribution in [2.75, 3.05) is 0 Å². The van der Waals surface area contributed by atoms with Gasteiger partial charge in [-0.05, 0) is 82.9 Å². The van der Waals surface area contributed by atoms with E-state index >= 15 is 0 Å². The molecular formula is C51H32N4S. The Kier molecular flexibility index (Phi) is 7.64. The molecule has 0 amide bonds. The van der Waals surface area contributed by atoms with Crippen LogP contribution in [0, 0.1) is 0 Å². The maximum absolute atomic E-state index is 5.04. The normalized spacial score (nSPS) is 11.6. The Hall–Kier alpha value is -7.21. The quantitative estimate of drug-likeness (QED) is 0.171. The highest BCUT2D eigenvalue weighted by molar-refractivity contribution is 7.26. The van der Waals surface area contributed by atoms with Crippen molar-refractivity contribution in [2.24, 2.45) is 0 Å². The lowest BCUT2D eigenvalue weighted by Gasteiger charge is -2.10. The molecule has 0 aliphatic rings. The molecule has 0 unspecified atom stereocenters. The van der Waals surface area contributed by atoms with E-state index in [1.54, 1.807) is 0 Å². The van der Waals surface area contributed by atoms with Gasteiger partial charge in [-0.2, -0.15) is 0 Å². The number of hydrogen-bond donors (Lipinski definition) is 0. The van der Waals surface area contributed by atoms with Gasteiger partial charge in [0.15, 0.2) is 17.5 Å². The number of thiophene rings is 1. The fraction of sp³-hybridized carbons (Fsp3) is 0. The second-order valence-electron chi connectivity index (χ2n) is 14.0. The first-order valence-electron chi connectivity index (χ1n) is 18.8. The van der Waals surface area contributed by atoms with Gasteiger partial charge in [0.25, 0.3) is 0 Å². The zero-order valence-electron chi connectivity index (χ0n) is 30.2. The van der Waals surface area contributed by atoms with Crippen LogP contribution >= 0.6 is 11.3 Å². The van der Waals surface area contributed by atoms with Crippen molar-refractivity contribution in [1.29, 1.82) is 0 Å². The molecule has 0 atom stereocenters. The zero-order valence-corrected chi connectivity index (χ0v) is 31.0. The van der Waals surface area contributed by atoms with Gasteiger partial charge in [-0.1, -0.05) is 133 Å². The van der Waals surface area contributed by atoms with E-state index in [1.165, 1.54) is 64.2 Å². The monoisotopic (exact) mass is 732 g/mol. The molecule has 11 aromatic rings. The summed E-state index contributed by atoms with van der Waals surface area (Å²) in [5.41, 5.74) is 11.2. The summed E-state index contributed by atoms with van der Waals surface area (Å²) in [5.74, 6) is 1.97. The predicted octanol–water partition coefficient (Wildman–Crippen LogP) is 13.7. The van der Waals surface area contributed by atoms with Gasteiger partial charge >= 0.3 is 0 Å². The van der Waals surface area contributed by atoms with Crippen LogP contribution in [0.15, 0.2) is 194 Å². The highest BCUT2D eigenvalue weighted by Gasteiger charge is 2.17. The van der Waals surface area contributed by atoms with Gasteiger partial charge < -0.3 is 4.57 Å². The second kappa shape index (κ2) is 13.3. The van der Waals surface area contributed by atoms with Crippen LogP contribution in [0.5, 0.6) is 0 Å². The molecule has 8 aromatic carbocycles. The number of hydrogen-bond acceptors (Lipinski definition) is 4. The smallest absolute Gasteiger partial charge is 0.164 e. The maximum Gasteiger partial charge on any atom is 0.164 e. The Bertz CT molecular complexity index is 3180. The summed E-state index contributed by atoms with van der Waals surface area (Å²) in [5, 5.41) is 4.93. The lowest BCUT2D eigenvalue weighted by molar-refractivity contribution is 1.07. The SMILES string of the molecule is c1ccc(-c2nc(-c3ccccc3)nc(-c3ccc4sc5cccc(-c6cccc(-c7ccc8c(c7)c7ccccc7n8-c7ccccc7)c6)c5c4c3)n2)cc1. The van der Waals surface area contributed by atoms with Crippen molar-refractivity contribution in [3.05, 3.63) is 194 Å². The number of para-hydroxylation sites is 2. The van der Waals surface area contributed by atoms with Crippen LogP contribution in [-0.2, 0) is 0 Å². The van der Waals surface area contributed by atoms with E-state index < -0.39 is 0 Å². The van der Waals surface area contributed by atoms with E-state index in [-0.39, 0.29) is 0 Å². The molecule has 11 rings (SSSR count). The van der Waals surface area contributed by atoms with Crippen molar-refractivity contribution in [1.82, 2.24) is 19.5 Å². The Labute approximate surface area is 327 Å². The highest BCUT2D eigenvalue weighted by atomic mass is 32.1. The summed E-state index contributed by atoms with van der Waals surface area (Å²) < 4.78 is 4.85. The van der Waals surface area contributed by atoms with Gasteiger partial charge in [0.1, 0.15) is 0 Å². The van der Waals surface area contributed by atoms with Crippen molar-refractivity contribution in [2.45, 2.75) is 0 Å². The number of fused-ring (bicyclic) bond motifs is 6. The average molecular weight is 733 g/mol. The first kappa shape index (κ1) is 32.2. The lowest BCUT2D eigenvalue weighted by atomic mass is 9.95. The minimum Gasteiger partial charge on any atom is -0.309 e. The molecule has 0 saturated heterocycles. The van der Waals surface area contributed by atoms with E-state index in [0.29, 0.717) is 17.5 Å². The molecule has 0 radical (unpaired) electrons. The summed E-state index contributed by atoms with van der Waals surface area (Å²) >= 11 is 1.82. The minimum atomic E-state index is 0.655. The van der Waals surface area contributed by atoms with Crippen molar-refractivity contribution < 1.29 is 0 Å². The number of nitrogens with zero attached hydrogens (tertiary/aromatic N) is 4. The Morgan fingerprint density at radius 3 is 1.64 bits per heavy atom. The van der Waals surface area contributed by atoms with E-state index in [0.717, 1.165) is 22.4 Å². The molecule has 3 aromatic heterocycles. The molecule has 4 nitrogen and oxygen atoms in total. The van der Waals surface area contributed by atoms with E-state index in [9.17, 15) is 0 Å². The molecule has 3 heterocycles. The molecule has 0 N–H and O–H groups in total. The molecule has 0 aliphatic carbocycles. The summed E-state index contributed by atoms with van der Waals surface area (Å²) in [6.45, 7) is 0. The number of benzene rings is 8. The standard InChI is InChI=1S/C51H32N4S/c1-4-14-33(15-5-1)49-52-50(34-16-6-2-7-17-34)54-51(53-49)38-27-29-46-43(32-38)48-40(23-13-25-47(48)56-46)37-19-12-18-35(30-37)36-26-28-45-42(31-36)41-22-10-11-24-44(41)55(45)39-20-8-3-9-21-39/h1-32H. The zero-order chi connectivity index (χ0) is 37.0. The van der Waals surface area contributed by atoms with Gasteiger partial charge in [-0.25, -0.2) is 15.0 Å². The fourth-order valence-electron chi connectivity index (χ4n) is 8.02. The Morgan fingerprint density at radius 2 is 0.893 bits per heavy atom. The topological polar surface area (TPSA) is 43.6 Å². The van der Waals surface area contributed by atoms with Crippen LogP contribution in [-0.4, -0.2) is 19.5 Å². The predicted molar refractivity (Wildman–Crippen MR) is 234 cm³/mol. The van der Waals surface area contributed by atoms with Crippen LogP contribution in [0.2, 0.25) is 0 Å². The molecular weight excluding hydrogens is 701 g/mol. The van der Waals surface area contributed by atoms with Gasteiger partial charge in [-0.3, -0.25) is 0 Å². The van der Waals surface area contributed by atoms with Gasteiger partial charge in [0, 0.05) is 53.3 Å². The van der Waals surface area contributed by atoms with Gasteiger partial charge in [-0.15, -0.1) is 11.3 Å². The third kappa shape index (κ3) is 5.48. The lowest BCUT2D eigenvalue weighted by Crippen LogP contribution is -2.00. The van der Waals surface area contributed by atoms with E-state index in [4.69, 9.17) is 15.0 Å². The first-order chi connectivity index (χ1) is 27.7. The Balaban J connectivity index is 1.04. The summed E-state index contributed by atoms with van der Waals surface area (Å²) in [4.78, 5) is 15.0. The highest BCUT2D eigenvalue weighted by Crippen LogP contribution is 2.43. The van der Waals surface area contributed by atoms with Crippen LogP contribution in [0.1, 0.15) is 0 Å². The van der Waals surface area contributed by atoms with Gasteiger partial charge in [0.05, 0.1) is 11.0 Å².